The molecule has 0 spiro atoms. The van der Waals surface area contributed by atoms with Gasteiger partial charge in [-0.1, -0.05) is 6.07 Å². The van der Waals surface area contributed by atoms with Gasteiger partial charge in [-0.15, -0.1) is 0 Å². The van der Waals surface area contributed by atoms with Gasteiger partial charge >= 0.3 is 5.97 Å². The number of aryl methyl sites for hydroxylation is 1. The average Bonchev–Trinajstić information content (AvgIpc) is 2.46. The predicted octanol–water partition coefficient (Wildman–Crippen LogP) is 1.73. The number of nitrogens with zero attached hydrogens (tertiary/aromatic N) is 2. The van der Waals surface area contributed by atoms with Gasteiger partial charge < -0.3 is 10.0 Å². The highest BCUT2D eigenvalue weighted by molar-refractivity contribution is 5.79. The smallest absolute Gasteiger partial charge is 0.311 e. The molecule has 1 saturated heterocycles. The zero-order valence-corrected chi connectivity index (χ0v) is 11.7. The van der Waals surface area contributed by atoms with Crippen molar-refractivity contribution in [3.8, 4) is 0 Å². The van der Waals surface area contributed by atoms with Crippen molar-refractivity contribution in [3.63, 3.8) is 0 Å². The summed E-state index contributed by atoms with van der Waals surface area (Å²) in [6.07, 6.45) is 4.07. The summed E-state index contributed by atoms with van der Waals surface area (Å²) in [5, 5.41) is 9.26. The molecule has 2 heterocycles. The lowest BCUT2D eigenvalue weighted by molar-refractivity contribution is -0.153. The minimum Gasteiger partial charge on any atom is -0.481 e. The van der Waals surface area contributed by atoms with E-state index in [1.807, 2.05) is 18.2 Å². The number of pyridine rings is 1. The number of likely N-dealkylation sites (tertiary alicyclic amines) is 1. The van der Waals surface area contributed by atoms with Gasteiger partial charge in [0.25, 0.3) is 0 Å². The van der Waals surface area contributed by atoms with E-state index >= 15 is 0 Å². The Balaban J connectivity index is 1.91. The first-order chi connectivity index (χ1) is 9.51. The summed E-state index contributed by atoms with van der Waals surface area (Å²) in [5.41, 5.74) is 0.0812. The molecule has 1 atom stereocenters. The van der Waals surface area contributed by atoms with Crippen molar-refractivity contribution in [3.05, 3.63) is 30.1 Å². The molecule has 1 unspecified atom stereocenters. The number of hydrogen-bond acceptors (Lipinski definition) is 3. The van der Waals surface area contributed by atoms with Crippen LogP contribution >= 0.6 is 0 Å². The summed E-state index contributed by atoms with van der Waals surface area (Å²) in [4.78, 5) is 29.3. The van der Waals surface area contributed by atoms with Crippen LogP contribution in [0.1, 0.15) is 31.9 Å². The maximum absolute atomic E-state index is 12.2. The minimum absolute atomic E-state index is 0.0165. The monoisotopic (exact) mass is 276 g/mol. The largest absolute Gasteiger partial charge is 0.481 e. The standard InChI is InChI=1S/C15H20N2O3/c1-15(14(19)20)8-4-10-17(11-15)13(18)7-6-12-5-2-3-9-16-12/h2-3,5,9H,4,6-8,10-11H2,1H3,(H,19,20). The van der Waals surface area contributed by atoms with E-state index in [4.69, 9.17) is 0 Å². The fraction of sp³-hybridized carbons (Fsp3) is 0.533. The summed E-state index contributed by atoms with van der Waals surface area (Å²) >= 11 is 0. The normalized spacial score (nSPS) is 22.6. The minimum atomic E-state index is -0.820. The maximum atomic E-state index is 12.2. The Bertz CT molecular complexity index is 489. The SMILES string of the molecule is CC1(C(=O)O)CCCN(C(=O)CCc2ccccn2)C1. The van der Waals surface area contributed by atoms with Crippen LogP contribution in [0.4, 0.5) is 0 Å². The van der Waals surface area contributed by atoms with Crippen LogP contribution in [0.3, 0.4) is 0 Å². The predicted molar refractivity (Wildman–Crippen MR) is 74.1 cm³/mol. The number of aromatic nitrogens is 1. The Hall–Kier alpha value is -1.91. The Morgan fingerprint density at radius 2 is 2.25 bits per heavy atom. The van der Waals surface area contributed by atoms with Gasteiger partial charge in [-0.05, 0) is 38.3 Å². The molecule has 1 aliphatic rings. The third-order valence-corrected chi connectivity index (χ3v) is 3.89. The number of carbonyl (C=O) groups excluding carboxylic acids is 1. The number of carboxylic acids is 1. The number of aliphatic carboxylic acids is 1. The molecule has 0 aliphatic carbocycles. The van der Waals surface area contributed by atoms with Crippen molar-refractivity contribution < 1.29 is 14.7 Å². The molecule has 1 fully saturated rings. The van der Waals surface area contributed by atoms with Gasteiger partial charge in [-0.25, -0.2) is 0 Å². The first-order valence-electron chi connectivity index (χ1n) is 6.92. The zero-order valence-electron chi connectivity index (χ0n) is 11.7. The van der Waals surface area contributed by atoms with Gasteiger partial charge in [0.2, 0.25) is 5.91 Å². The molecule has 0 radical (unpaired) electrons. The number of carboxylic acid groups (broad SMARTS) is 1. The Morgan fingerprint density at radius 1 is 1.45 bits per heavy atom. The summed E-state index contributed by atoms with van der Waals surface area (Å²) in [6, 6.07) is 5.63. The number of carbonyl (C=O) groups is 2. The van der Waals surface area contributed by atoms with E-state index in [-0.39, 0.29) is 5.91 Å². The molecule has 1 aromatic rings. The molecule has 5 heteroatoms. The second-order valence-corrected chi connectivity index (χ2v) is 5.61. The van der Waals surface area contributed by atoms with Crippen LogP contribution in [-0.2, 0) is 16.0 Å². The molecular formula is C15H20N2O3. The summed E-state index contributed by atoms with van der Waals surface area (Å²) in [7, 11) is 0. The van der Waals surface area contributed by atoms with E-state index in [2.05, 4.69) is 4.98 Å². The number of amides is 1. The van der Waals surface area contributed by atoms with Crippen LogP contribution in [0.5, 0.6) is 0 Å². The first kappa shape index (κ1) is 14.5. The van der Waals surface area contributed by atoms with Gasteiger partial charge in [0, 0.05) is 31.4 Å². The lowest BCUT2D eigenvalue weighted by Crippen LogP contribution is -2.48. The lowest BCUT2D eigenvalue weighted by Gasteiger charge is -2.37. The Kier molecular flexibility index (Phi) is 4.37. The van der Waals surface area contributed by atoms with Gasteiger partial charge in [0.1, 0.15) is 0 Å². The van der Waals surface area contributed by atoms with Crippen LogP contribution in [0.2, 0.25) is 0 Å². The van der Waals surface area contributed by atoms with Crippen LogP contribution in [0.15, 0.2) is 24.4 Å². The van der Waals surface area contributed by atoms with E-state index in [9.17, 15) is 14.7 Å². The van der Waals surface area contributed by atoms with Crippen LogP contribution in [0.25, 0.3) is 0 Å². The summed E-state index contributed by atoms with van der Waals surface area (Å²) < 4.78 is 0. The fourth-order valence-electron chi connectivity index (χ4n) is 2.57. The Labute approximate surface area is 118 Å². The highest BCUT2D eigenvalue weighted by Gasteiger charge is 2.39. The van der Waals surface area contributed by atoms with Crippen molar-refractivity contribution in [1.29, 1.82) is 0 Å². The number of rotatable bonds is 4. The molecule has 20 heavy (non-hydrogen) atoms. The van der Waals surface area contributed by atoms with E-state index < -0.39 is 11.4 Å². The number of piperidine rings is 1. The third kappa shape index (κ3) is 3.35. The second kappa shape index (κ2) is 6.03. The first-order valence-corrected chi connectivity index (χ1v) is 6.92. The quantitative estimate of drug-likeness (QED) is 0.909. The topological polar surface area (TPSA) is 70.5 Å². The van der Waals surface area contributed by atoms with Crippen molar-refractivity contribution in [1.82, 2.24) is 9.88 Å². The second-order valence-electron chi connectivity index (χ2n) is 5.61. The molecule has 1 aromatic heterocycles. The fourth-order valence-corrected chi connectivity index (χ4v) is 2.57. The zero-order chi connectivity index (χ0) is 14.6. The number of hydrogen-bond donors (Lipinski definition) is 1. The van der Waals surface area contributed by atoms with Gasteiger partial charge in [0.15, 0.2) is 0 Å². The molecule has 108 valence electrons. The molecule has 1 aliphatic heterocycles. The van der Waals surface area contributed by atoms with Crippen molar-refractivity contribution in [2.24, 2.45) is 5.41 Å². The highest BCUT2D eigenvalue weighted by Crippen LogP contribution is 2.30. The van der Waals surface area contributed by atoms with Crippen LogP contribution in [-0.4, -0.2) is 40.0 Å². The molecule has 5 nitrogen and oxygen atoms in total. The van der Waals surface area contributed by atoms with Gasteiger partial charge in [-0.2, -0.15) is 0 Å². The molecule has 1 amide bonds. The van der Waals surface area contributed by atoms with E-state index in [0.29, 0.717) is 32.4 Å². The van der Waals surface area contributed by atoms with Crippen molar-refractivity contribution in [2.75, 3.05) is 13.1 Å². The van der Waals surface area contributed by atoms with Gasteiger partial charge in [0.05, 0.1) is 5.41 Å². The van der Waals surface area contributed by atoms with Crippen molar-refractivity contribution in [2.45, 2.75) is 32.6 Å². The third-order valence-electron chi connectivity index (χ3n) is 3.89. The van der Waals surface area contributed by atoms with E-state index in [1.54, 1.807) is 18.0 Å². The molecule has 2 rings (SSSR count). The summed E-state index contributed by atoms with van der Waals surface area (Å²) in [5.74, 6) is -0.803. The highest BCUT2D eigenvalue weighted by atomic mass is 16.4. The molecule has 1 N–H and O–H groups in total. The van der Waals surface area contributed by atoms with Gasteiger partial charge in [-0.3, -0.25) is 14.6 Å². The molecule has 0 saturated carbocycles. The lowest BCUT2D eigenvalue weighted by atomic mass is 9.82. The molecule has 0 bridgehead atoms. The molecule has 0 aromatic carbocycles. The van der Waals surface area contributed by atoms with E-state index in [1.165, 1.54) is 0 Å². The maximum Gasteiger partial charge on any atom is 0.311 e. The van der Waals surface area contributed by atoms with Crippen molar-refractivity contribution >= 4 is 11.9 Å². The van der Waals surface area contributed by atoms with Crippen LogP contribution < -0.4 is 0 Å². The summed E-state index contributed by atoms with van der Waals surface area (Å²) in [6.45, 7) is 2.68. The van der Waals surface area contributed by atoms with Crippen LogP contribution in [0, 0.1) is 5.41 Å². The van der Waals surface area contributed by atoms with E-state index in [0.717, 1.165) is 12.1 Å². The Morgan fingerprint density at radius 3 is 2.90 bits per heavy atom. The average molecular weight is 276 g/mol. The molecular weight excluding hydrogens is 256 g/mol.